The number of hydrogen-bond acceptors (Lipinski definition) is 6. The summed E-state index contributed by atoms with van der Waals surface area (Å²) in [6.45, 7) is 81.4. The first-order valence-electron chi connectivity index (χ1n) is 25.3. The molecule has 0 heterocycles. The maximum atomic E-state index is 2.65. The standard InChI is InChI=1S/C29H63N3.C28H61N3/c1-22(2,3)24(7,8)30(19)26(11,12)28(15,16)32(21)29(17,18)27(13,14)31(20)25(9,10)23(4,5)6;1-20(2)22(5)24(7,8)30(18)27(13,14)28(15,16)31(19)26(11,12)25(9,10)29(17)23(6)21(3)4/h1-21H3;20-23H,1-19H3/t;22-,23+/m.0/s1. The Labute approximate surface area is 401 Å². The molecule has 0 aliphatic rings. The topological polar surface area (TPSA) is 19.4 Å². The average Bonchev–Trinajstić information content (AvgIpc) is 3.10. The predicted octanol–water partition coefficient (Wildman–Crippen LogP) is 14.6. The molecule has 0 aliphatic heterocycles. The van der Waals surface area contributed by atoms with Crippen molar-refractivity contribution in [3.05, 3.63) is 0 Å². The van der Waals surface area contributed by atoms with Crippen LogP contribution in [0.1, 0.15) is 235 Å². The van der Waals surface area contributed by atoms with Crippen LogP contribution in [-0.2, 0) is 0 Å². The summed E-state index contributed by atoms with van der Waals surface area (Å²) < 4.78 is 0. The van der Waals surface area contributed by atoms with Gasteiger partial charge in [0.2, 0.25) is 0 Å². The molecule has 6 heteroatoms. The van der Waals surface area contributed by atoms with Crippen LogP contribution in [0.15, 0.2) is 0 Å². The second kappa shape index (κ2) is 19.6. The van der Waals surface area contributed by atoms with Crippen molar-refractivity contribution in [2.75, 3.05) is 42.3 Å². The van der Waals surface area contributed by atoms with E-state index in [4.69, 9.17) is 0 Å². The zero-order valence-corrected chi connectivity index (χ0v) is 51.5. The highest BCUT2D eigenvalue weighted by Gasteiger charge is 2.58. The van der Waals surface area contributed by atoms with Crippen molar-refractivity contribution in [1.82, 2.24) is 29.4 Å². The van der Waals surface area contributed by atoms with Crippen LogP contribution in [0.4, 0.5) is 0 Å². The van der Waals surface area contributed by atoms with Gasteiger partial charge in [-0.15, -0.1) is 0 Å². The van der Waals surface area contributed by atoms with Crippen molar-refractivity contribution in [1.29, 1.82) is 0 Å². The van der Waals surface area contributed by atoms with Crippen LogP contribution in [0.2, 0.25) is 0 Å². The zero-order chi connectivity index (χ0) is 52.3. The molecule has 0 aromatic rings. The molecule has 63 heavy (non-hydrogen) atoms. The Kier molecular flexibility index (Phi) is 20.2. The lowest BCUT2D eigenvalue weighted by atomic mass is 9.67. The van der Waals surface area contributed by atoms with Crippen LogP contribution in [0, 0.1) is 28.6 Å². The molecule has 0 fully saturated rings. The fraction of sp³-hybridized carbons (Fsp3) is 1.00. The summed E-state index contributed by atoms with van der Waals surface area (Å²) in [6.07, 6.45) is 0. The van der Waals surface area contributed by atoms with Crippen molar-refractivity contribution in [2.24, 2.45) is 28.6 Å². The summed E-state index contributed by atoms with van der Waals surface area (Å²) in [4.78, 5) is 15.8. The molecule has 0 aromatic heterocycles. The van der Waals surface area contributed by atoms with Crippen LogP contribution in [-0.4, -0.2) is 139 Å². The Balaban J connectivity index is 0. The zero-order valence-electron chi connectivity index (χ0n) is 51.5. The molecule has 0 unspecified atom stereocenters. The molecule has 0 bridgehead atoms. The van der Waals surface area contributed by atoms with E-state index in [0.717, 1.165) is 0 Å². The average molecular weight is 894 g/mol. The van der Waals surface area contributed by atoms with E-state index in [-0.39, 0.29) is 71.8 Å². The van der Waals surface area contributed by atoms with E-state index in [2.05, 4.69) is 307 Å². The Hall–Kier alpha value is -0.240. The van der Waals surface area contributed by atoms with E-state index in [1.807, 2.05) is 0 Å². The largest absolute Gasteiger partial charge is 0.296 e. The predicted molar refractivity (Wildman–Crippen MR) is 289 cm³/mol. The maximum absolute atomic E-state index is 2.65. The maximum Gasteiger partial charge on any atom is 0.0334 e. The third kappa shape index (κ3) is 11.6. The molecule has 0 spiro atoms. The first-order chi connectivity index (χ1) is 26.9. The SMILES string of the molecule is CC(C)[C@@H](C)N(C)C(C)(C)C(C)(C)N(C)C(C)(C)C(C)(C)N(C)C(C)(C)[C@@H](C)C(C)C.CN(C(C)(C)C(C)(C)C)C(C)(C)C(C)(C)N(C)C(C)(C)C(C)(C)N(C)C(C)(C)C(C)(C)C. The van der Waals surface area contributed by atoms with E-state index >= 15 is 0 Å². The molecule has 0 aromatic carbocycles. The van der Waals surface area contributed by atoms with E-state index in [0.29, 0.717) is 23.8 Å². The first kappa shape index (κ1) is 64.8. The lowest BCUT2D eigenvalue weighted by Crippen LogP contribution is -2.77. The lowest BCUT2D eigenvalue weighted by Gasteiger charge is -2.66. The second-order valence-electron chi connectivity index (χ2n) is 29.2. The van der Waals surface area contributed by atoms with Crippen LogP contribution in [0.5, 0.6) is 0 Å². The second-order valence-corrected chi connectivity index (χ2v) is 29.2. The van der Waals surface area contributed by atoms with Crippen molar-refractivity contribution in [2.45, 2.75) is 302 Å². The summed E-state index contributed by atoms with van der Waals surface area (Å²) in [5.74, 6) is 1.87. The molecule has 2 atom stereocenters. The Bertz CT molecular complexity index is 1360. The number of nitrogens with zero attached hydrogens (tertiary/aromatic N) is 6. The van der Waals surface area contributed by atoms with Gasteiger partial charge in [0.05, 0.1) is 0 Å². The van der Waals surface area contributed by atoms with Crippen LogP contribution < -0.4 is 0 Å². The summed E-state index contributed by atoms with van der Waals surface area (Å²) in [5, 5.41) is 0. The molecule has 0 saturated carbocycles. The van der Waals surface area contributed by atoms with Gasteiger partial charge in [-0.05, 0) is 230 Å². The van der Waals surface area contributed by atoms with Gasteiger partial charge in [0.1, 0.15) is 0 Å². The third-order valence-electron chi connectivity index (χ3n) is 22.6. The molecule has 0 N–H and O–H groups in total. The lowest BCUT2D eigenvalue weighted by molar-refractivity contribution is -0.152. The highest BCUT2D eigenvalue weighted by atomic mass is 15.4. The monoisotopic (exact) mass is 893 g/mol. The Morgan fingerprint density at radius 3 is 0.619 bits per heavy atom. The van der Waals surface area contributed by atoms with Gasteiger partial charge < -0.3 is 0 Å². The van der Waals surface area contributed by atoms with Gasteiger partial charge in [-0.25, -0.2) is 0 Å². The fourth-order valence-corrected chi connectivity index (χ4v) is 9.90. The van der Waals surface area contributed by atoms with Gasteiger partial charge in [-0.2, -0.15) is 0 Å². The van der Waals surface area contributed by atoms with E-state index in [1.165, 1.54) is 0 Å². The smallest absolute Gasteiger partial charge is 0.0334 e. The molecule has 0 radical (unpaired) electrons. The van der Waals surface area contributed by atoms with E-state index in [9.17, 15) is 0 Å². The van der Waals surface area contributed by atoms with Gasteiger partial charge >= 0.3 is 0 Å². The molecule has 0 aliphatic carbocycles. The third-order valence-corrected chi connectivity index (χ3v) is 22.6. The minimum atomic E-state index is -0.0856. The van der Waals surface area contributed by atoms with Gasteiger partial charge in [0.15, 0.2) is 0 Å². The molecule has 0 saturated heterocycles. The van der Waals surface area contributed by atoms with Crippen LogP contribution in [0.25, 0.3) is 0 Å². The van der Waals surface area contributed by atoms with E-state index < -0.39 is 0 Å². The fourth-order valence-electron chi connectivity index (χ4n) is 9.90. The summed E-state index contributed by atoms with van der Waals surface area (Å²) in [7, 11) is 13.9. The molecular formula is C57H124N6. The summed E-state index contributed by atoms with van der Waals surface area (Å²) in [6, 6.07) is 0.521. The minimum absolute atomic E-state index is 0.00188. The van der Waals surface area contributed by atoms with Gasteiger partial charge in [0, 0.05) is 67.0 Å². The summed E-state index contributed by atoms with van der Waals surface area (Å²) in [5.41, 5.74) is 0.0695. The van der Waals surface area contributed by atoms with Crippen molar-refractivity contribution in [3.8, 4) is 0 Å². The first-order valence-corrected chi connectivity index (χ1v) is 25.3. The minimum Gasteiger partial charge on any atom is -0.296 e. The van der Waals surface area contributed by atoms with Crippen LogP contribution in [0.3, 0.4) is 0 Å². The van der Waals surface area contributed by atoms with Gasteiger partial charge in [-0.3, -0.25) is 29.4 Å². The quantitative estimate of drug-likeness (QED) is 0.128. The molecule has 0 amide bonds. The highest BCUT2D eigenvalue weighted by Crippen LogP contribution is 2.49. The van der Waals surface area contributed by atoms with Crippen molar-refractivity contribution >= 4 is 0 Å². The van der Waals surface area contributed by atoms with E-state index in [1.54, 1.807) is 0 Å². The molecular weight excluding hydrogens is 769 g/mol. The van der Waals surface area contributed by atoms with Gasteiger partial charge in [0.25, 0.3) is 0 Å². The Morgan fingerprint density at radius 2 is 0.429 bits per heavy atom. The Morgan fingerprint density at radius 1 is 0.238 bits per heavy atom. The van der Waals surface area contributed by atoms with Crippen molar-refractivity contribution in [3.63, 3.8) is 0 Å². The summed E-state index contributed by atoms with van der Waals surface area (Å²) >= 11 is 0. The van der Waals surface area contributed by atoms with Crippen molar-refractivity contribution < 1.29 is 0 Å². The number of hydrogen-bond donors (Lipinski definition) is 0. The molecule has 382 valence electrons. The number of likely N-dealkylation sites (N-methyl/N-ethyl adjacent to an activating group) is 6. The number of rotatable bonds is 19. The highest BCUT2D eigenvalue weighted by molar-refractivity contribution is 5.15. The molecule has 6 nitrogen and oxygen atoms in total. The normalized spacial score (nSPS) is 17.0. The van der Waals surface area contributed by atoms with Gasteiger partial charge in [-0.1, -0.05) is 76.2 Å². The van der Waals surface area contributed by atoms with Crippen LogP contribution >= 0.6 is 0 Å². The molecule has 0 rings (SSSR count).